The Balaban J connectivity index is 1.47. The number of rotatable bonds is 3. The van der Waals surface area contributed by atoms with Gasteiger partial charge < -0.3 is 14.8 Å². The number of carbonyl (C=O) groups excluding carboxylic acids is 1. The first-order chi connectivity index (χ1) is 13.1. The van der Waals surface area contributed by atoms with E-state index in [0.29, 0.717) is 24.3 Å². The van der Waals surface area contributed by atoms with Gasteiger partial charge in [0.1, 0.15) is 6.04 Å². The molecule has 1 aliphatic heterocycles. The summed E-state index contributed by atoms with van der Waals surface area (Å²) in [6.45, 7) is 5.14. The van der Waals surface area contributed by atoms with Crippen LogP contribution in [0.2, 0.25) is 0 Å². The van der Waals surface area contributed by atoms with Gasteiger partial charge >= 0.3 is 0 Å². The standard InChI is InChI=1S/C21H22N4O2/c1-15(19-22-18-10-6-5-9-17(18)20(26)23-19)24-11-13-25(14-12-24)21(27)16-7-3-2-4-8-16/h2-10,15H,11-14H2,1H3,(H,22,23,26)/p+1/t15-/m1/s1. The zero-order chi connectivity index (χ0) is 18.8. The molecular formula is C21H23N4O2+. The maximum atomic E-state index is 12.6. The number of aromatic amines is 1. The van der Waals surface area contributed by atoms with Crippen LogP contribution in [0, 0.1) is 0 Å². The number of H-pyrrole nitrogens is 1. The average molecular weight is 363 g/mol. The Morgan fingerprint density at radius 3 is 2.48 bits per heavy atom. The van der Waals surface area contributed by atoms with Crippen molar-refractivity contribution in [1.29, 1.82) is 0 Å². The lowest BCUT2D eigenvalue weighted by molar-refractivity contribution is -0.934. The predicted octanol–water partition coefficient (Wildman–Crippen LogP) is 1.03. The molecule has 0 spiro atoms. The number of quaternary nitrogens is 1. The number of benzene rings is 2. The minimum Gasteiger partial charge on any atom is -0.327 e. The second kappa shape index (κ2) is 7.32. The fraction of sp³-hybridized carbons (Fsp3) is 0.286. The number of fused-ring (bicyclic) bond motifs is 1. The van der Waals surface area contributed by atoms with E-state index in [1.54, 1.807) is 6.07 Å². The second-order valence-corrected chi connectivity index (χ2v) is 7.01. The minimum absolute atomic E-state index is 0.0660. The van der Waals surface area contributed by atoms with E-state index in [-0.39, 0.29) is 17.5 Å². The van der Waals surface area contributed by atoms with Gasteiger partial charge in [0, 0.05) is 5.56 Å². The van der Waals surface area contributed by atoms with Crippen molar-refractivity contribution in [2.24, 2.45) is 0 Å². The molecule has 0 bridgehead atoms. The number of para-hydroxylation sites is 1. The number of piperazine rings is 1. The molecule has 0 unspecified atom stereocenters. The highest BCUT2D eigenvalue weighted by Gasteiger charge is 2.29. The van der Waals surface area contributed by atoms with Crippen molar-refractivity contribution >= 4 is 16.8 Å². The van der Waals surface area contributed by atoms with Gasteiger partial charge in [0.15, 0.2) is 5.82 Å². The Labute approximate surface area is 157 Å². The highest BCUT2D eigenvalue weighted by atomic mass is 16.2. The summed E-state index contributed by atoms with van der Waals surface area (Å²) in [6, 6.07) is 16.9. The van der Waals surface area contributed by atoms with Gasteiger partial charge in [-0.1, -0.05) is 30.3 Å². The third kappa shape index (κ3) is 3.48. The fourth-order valence-electron chi connectivity index (χ4n) is 3.70. The Morgan fingerprint density at radius 2 is 1.74 bits per heavy atom. The maximum Gasteiger partial charge on any atom is 0.258 e. The van der Waals surface area contributed by atoms with Crippen LogP contribution in [-0.4, -0.2) is 47.0 Å². The topological polar surface area (TPSA) is 70.5 Å². The molecule has 2 heterocycles. The second-order valence-electron chi connectivity index (χ2n) is 7.01. The monoisotopic (exact) mass is 363 g/mol. The van der Waals surface area contributed by atoms with Crippen molar-refractivity contribution in [3.8, 4) is 0 Å². The molecule has 4 rings (SSSR count). The summed E-state index contributed by atoms with van der Waals surface area (Å²) in [6.07, 6.45) is 0. The van der Waals surface area contributed by atoms with Crippen molar-refractivity contribution in [3.63, 3.8) is 0 Å². The van der Waals surface area contributed by atoms with Crippen molar-refractivity contribution < 1.29 is 9.69 Å². The normalized spacial score (nSPS) is 16.4. The highest BCUT2D eigenvalue weighted by Crippen LogP contribution is 2.10. The number of hydrogen-bond donors (Lipinski definition) is 2. The SMILES string of the molecule is C[C@H](c1nc2ccccc2c(=O)[nH]1)[NH+]1CCN(C(=O)c2ccccc2)CC1. The van der Waals surface area contributed by atoms with Crippen LogP contribution in [0.15, 0.2) is 59.4 Å². The van der Waals surface area contributed by atoms with Gasteiger partial charge in [-0.05, 0) is 31.2 Å². The molecule has 1 atom stereocenters. The Hall–Kier alpha value is -2.99. The largest absolute Gasteiger partial charge is 0.327 e. The first-order valence-corrected chi connectivity index (χ1v) is 9.31. The summed E-state index contributed by atoms with van der Waals surface area (Å²) in [5, 5.41) is 0.613. The smallest absolute Gasteiger partial charge is 0.258 e. The van der Waals surface area contributed by atoms with Gasteiger partial charge in [0.2, 0.25) is 0 Å². The molecule has 27 heavy (non-hydrogen) atoms. The van der Waals surface area contributed by atoms with Crippen LogP contribution in [0.1, 0.15) is 29.1 Å². The first kappa shape index (κ1) is 17.4. The van der Waals surface area contributed by atoms with Crippen LogP contribution in [-0.2, 0) is 0 Å². The van der Waals surface area contributed by atoms with Crippen LogP contribution in [0.25, 0.3) is 10.9 Å². The molecule has 6 heteroatoms. The Bertz CT molecular complexity index is 1010. The molecule has 1 amide bonds. The maximum absolute atomic E-state index is 12.6. The lowest BCUT2D eigenvalue weighted by Crippen LogP contribution is -3.14. The molecular weight excluding hydrogens is 340 g/mol. The Morgan fingerprint density at radius 1 is 1.07 bits per heavy atom. The molecule has 3 aromatic rings. The van der Waals surface area contributed by atoms with E-state index in [1.165, 1.54) is 4.90 Å². The first-order valence-electron chi connectivity index (χ1n) is 9.31. The van der Waals surface area contributed by atoms with E-state index in [1.807, 2.05) is 53.4 Å². The molecule has 2 N–H and O–H groups in total. The lowest BCUT2D eigenvalue weighted by Gasteiger charge is -2.35. The van der Waals surface area contributed by atoms with E-state index >= 15 is 0 Å². The van der Waals surface area contributed by atoms with Crippen molar-refractivity contribution in [1.82, 2.24) is 14.9 Å². The molecule has 0 radical (unpaired) electrons. The summed E-state index contributed by atoms with van der Waals surface area (Å²) in [5.74, 6) is 0.788. The van der Waals surface area contributed by atoms with Crippen LogP contribution in [0.4, 0.5) is 0 Å². The zero-order valence-electron chi connectivity index (χ0n) is 15.3. The number of amides is 1. The molecule has 6 nitrogen and oxygen atoms in total. The molecule has 138 valence electrons. The number of hydrogen-bond acceptors (Lipinski definition) is 3. The third-order valence-corrected chi connectivity index (χ3v) is 5.37. The van der Waals surface area contributed by atoms with E-state index in [4.69, 9.17) is 0 Å². The van der Waals surface area contributed by atoms with E-state index in [0.717, 1.165) is 24.2 Å². The summed E-state index contributed by atoms with van der Waals surface area (Å²) < 4.78 is 0. The molecule has 1 saturated heterocycles. The number of aromatic nitrogens is 2. The van der Waals surface area contributed by atoms with Crippen LogP contribution >= 0.6 is 0 Å². The quantitative estimate of drug-likeness (QED) is 0.730. The van der Waals surface area contributed by atoms with Crippen LogP contribution in [0.3, 0.4) is 0 Å². The van der Waals surface area contributed by atoms with E-state index in [9.17, 15) is 9.59 Å². The summed E-state index contributed by atoms with van der Waals surface area (Å²) in [4.78, 5) is 35.7. The molecule has 1 fully saturated rings. The third-order valence-electron chi connectivity index (χ3n) is 5.37. The summed E-state index contributed by atoms with van der Waals surface area (Å²) in [7, 11) is 0. The minimum atomic E-state index is -0.0975. The van der Waals surface area contributed by atoms with Gasteiger partial charge in [0.25, 0.3) is 11.5 Å². The number of nitrogens with zero attached hydrogens (tertiary/aromatic N) is 2. The van der Waals surface area contributed by atoms with Crippen LogP contribution < -0.4 is 10.5 Å². The zero-order valence-corrected chi connectivity index (χ0v) is 15.3. The molecule has 0 aliphatic carbocycles. The summed E-state index contributed by atoms with van der Waals surface area (Å²) >= 11 is 0. The molecule has 1 aliphatic rings. The fourth-order valence-corrected chi connectivity index (χ4v) is 3.70. The average Bonchev–Trinajstić information content (AvgIpc) is 2.73. The summed E-state index contributed by atoms with van der Waals surface area (Å²) in [5.41, 5.74) is 1.36. The van der Waals surface area contributed by atoms with E-state index < -0.39 is 0 Å². The lowest BCUT2D eigenvalue weighted by atomic mass is 10.1. The van der Waals surface area contributed by atoms with Gasteiger partial charge in [-0.3, -0.25) is 9.59 Å². The van der Waals surface area contributed by atoms with Gasteiger partial charge in [-0.2, -0.15) is 0 Å². The number of carbonyl (C=O) groups is 1. The molecule has 0 saturated carbocycles. The molecule has 2 aromatic carbocycles. The number of nitrogens with one attached hydrogen (secondary N) is 2. The van der Waals surface area contributed by atoms with Gasteiger partial charge in [0.05, 0.1) is 37.1 Å². The van der Waals surface area contributed by atoms with Crippen molar-refractivity contribution in [3.05, 3.63) is 76.3 Å². The molecule has 1 aromatic heterocycles. The van der Waals surface area contributed by atoms with Crippen molar-refractivity contribution in [2.45, 2.75) is 13.0 Å². The van der Waals surface area contributed by atoms with E-state index in [2.05, 4.69) is 16.9 Å². The Kier molecular flexibility index (Phi) is 4.73. The predicted molar refractivity (Wildman–Crippen MR) is 104 cm³/mol. The van der Waals surface area contributed by atoms with Gasteiger partial charge in [-0.15, -0.1) is 0 Å². The van der Waals surface area contributed by atoms with Gasteiger partial charge in [-0.25, -0.2) is 4.98 Å². The highest BCUT2D eigenvalue weighted by molar-refractivity contribution is 5.94. The van der Waals surface area contributed by atoms with Crippen molar-refractivity contribution in [2.75, 3.05) is 26.2 Å². The van der Waals surface area contributed by atoms with Crippen LogP contribution in [0.5, 0.6) is 0 Å².